The van der Waals surface area contributed by atoms with Crippen molar-refractivity contribution in [3.8, 4) is 5.75 Å². The molecule has 0 bridgehead atoms. The summed E-state index contributed by atoms with van der Waals surface area (Å²) in [4.78, 5) is 12.2. The molecule has 0 saturated carbocycles. The number of benzene rings is 2. The van der Waals surface area contributed by atoms with E-state index in [1.165, 1.54) is 12.1 Å². The van der Waals surface area contributed by atoms with Gasteiger partial charge < -0.3 is 14.6 Å². The molecular weight excluding hydrogens is 465 g/mol. The van der Waals surface area contributed by atoms with E-state index < -0.39 is 17.6 Å². The summed E-state index contributed by atoms with van der Waals surface area (Å²) >= 11 is 7.16. The fourth-order valence-electron chi connectivity index (χ4n) is 2.81. The SMILES string of the molecule is CCn1c(COc2ccc(Cl)c(C)c2)nnc1SCC(=O)Nc1cccc(C(F)(F)F)c1. The van der Waals surface area contributed by atoms with Gasteiger partial charge in [0.25, 0.3) is 0 Å². The third-order valence-electron chi connectivity index (χ3n) is 4.41. The van der Waals surface area contributed by atoms with Crippen LogP contribution in [0.25, 0.3) is 0 Å². The van der Waals surface area contributed by atoms with Crippen LogP contribution in [0.1, 0.15) is 23.9 Å². The largest absolute Gasteiger partial charge is 0.486 e. The lowest BCUT2D eigenvalue weighted by Gasteiger charge is -2.11. The molecule has 0 spiro atoms. The second-order valence-corrected chi connectivity index (χ2v) is 8.11. The molecule has 170 valence electrons. The third-order valence-corrected chi connectivity index (χ3v) is 5.80. The molecule has 0 aliphatic rings. The molecule has 0 aliphatic carbocycles. The highest BCUT2D eigenvalue weighted by Crippen LogP contribution is 2.30. The van der Waals surface area contributed by atoms with Gasteiger partial charge in [-0.3, -0.25) is 4.79 Å². The number of rotatable bonds is 8. The van der Waals surface area contributed by atoms with Crippen molar-refractivity contribution in [2.45, 2.75) is 38.3 Å². The summed E-state index contributed by atoms with van der Waals surface area (Å²) < 4.78 is 46.0. The van der Waals surface area contributed by atoms with Gasteiger partial charge in [0.15, 0.2) is 11.0 Å². The maximum atomic E-state index is 12.8. The Bertz CT molecular complexity index is 1100. The Kier molecular flexibility index (Phi) is 7.68. The topological polar surface area (TPSA) is 69.0 Å². The molecule has 1 N–H and O–H groups in total. The first-order valence-electron chi connectivity index (χ1n) is 9.58. The number of ether oxygens (including phenoxy) is 1. The molecule has 2 aromatic carbocycles. The standard InChI is InChI=1S/C21H20ClF3N4O2S/c1-3-29-18(11-31-16-7-8-17(22)13(2)9-16)27-28-20(29)32-12-19(30)26-15-6-4-5-14(10-15)21(23,24)25/h4-10H,3,11-12H2,1-2H3,(H,26,30). The van der Waals surface area contributed by atoms with Gasteiger partial charge in [0.05, 0.1) is 11.3 Å². The number of aryl methyl sites for hydroxylation is 1. The maximum absolute atomic E-state index is 12.8. The average molecular weight is 485 g/mol. The van der Waals surface area contributed by atoms with Gasteiger partial charge >= 0.3 is 6.18 Å². The van der Waals surface area contributed by atoms with E-state index in [9.17, 15) is 18.0 Å². The summed E-state index contributed by atoms with van der Waals surface area (Å²) in [7, 11) is 0. The van der Waals surface area contributed by atoms with E-state index in [4.69, 9.17) is 16.3 Å². The summed E-state index contributed by atoms with van der Waals surface area (Å²) in [5.41, 5.74) is 0.146. The van der Waals surface area contributed by atoms with Crippen molar-refractivity contribution in [2.75, 3.05) is 11.1 Å². The van der Waals surface area contributed by atoms with Crippen LogP contribution in [0.2, 0.25) is 5.02 Å². The van der Waals surface area contributed by atoms with Gasteiger partial charge in [0.2, 0.25) is 5.91 Å². The molecule has 0 saturated heterocycles. The lowest BCUT2D eigenvalue weighted by atomic mass is 10.2. The van der Waals surface area contributed by atoms with Crippen molar-refractivity contribution < 1.29 is 22.7 Å². The Morgan fingerprint density at radius 1 is 1.22 bits per heavy atom. The van der Waals surface area contributed by atoms with Crippen LogP contribution in [-0.2, 0) is 24.1 Å². The predicted molar refractivity (Wildman–Crippen MR) is 117 cm³/mol. The minimum atomic E-state index is -4.48. The molecule has 1 amide bonds. The number of carbonyl (C=O) groups is 1. The van der Waals surface area contributed by atoms with Gasteiger partial charge in [-0.1, -0.05) is 29.4 Å². The van der Waals surface area contributed by atoms with Crippen LogP contribution in [0.15, 0.2) is 47.6 Å². The second kappa shape index (κ2) is 10.3. The first-order valence-corrected chi connectivity index (χ1v) is 10.9. The molecule has 11 heteroatoms. The zero-order valence-electron chi connectivity index (χ0n) is 17.2. The fraction of sp³-hybridized carbons (Fsp3) is 0.286. The van der Waals surface area contributed by atoms with E-state index in [0.717, 1.165) is 29.5 Å². The van der Waals surface area contributed by atoms with Gasteiger partial charge in [-0.25, -0.2) is 0 Å². The van der Waals surface area contributed by atoms with Crippen molar-refractivity contribution in [3.63, 3.8) is 0 Å². The average Bonchev–Trinajstić information content (AvgIpc) is 3.14. The number of thioether (sulfide) groups is 1. The molecule has 0 fully saturated rings. The predicted octanol–water partition coefficient (Wildman–Crippen LogP) is 5.59. The lowest BCUT2D eigenvalue weighted by Crippen LogP contribution is -2.15. The molecule has 3 aromatic rings. The Morgan fingerprint density at radius 2 is 2.00 bits per heavy atom. The summed E-state index contributed by atoms with van der Waals surface area (Å²) in [5, 5.41) is 11.9. The normalized spacial score (nSPS) is 11.4. The molecule has 1 aromatic heterocycles. The zero-order valence-corrected chi connectivity index (χ0v) is 18.8. The Morgan fingerprint density at radius 3 is 2.69 bits per heavy atom. The fourth-order valence-corrected chi connectivity index (χ4v) is 3.74. The number of aromatic nitrogens is 3. The van der Waals surface area contributed by atoms with E-state index in [2.05, 4.69) is 15.5 Å². The van der Waals surface area contributed by atoms with Crippen molar-refractivity contribution >= 4 is 35.0 Å². The molecule has 0 aliphatic heterocycles. The Hall–Kier alpha value is -2.72. The van der Waals surface area contributed by atoms with Crippen molar-refractivity contribution in [1.29, 1.82) is 0 Å². The molecule has 0 unspecified atom stereocenters. The molecule has 3 rings (SSSR count). The number of nitrogens with one attached hydrogen (secondary N) is 1. The van der Waals surface area contributed by atoms with Gasteiger partial charge in [-0.15, -0.1) is 10.2 Å². The minimum absolute atomic E-state index is 0.0361. The number of carbonyl (C=O) groups excluding carboxylic acids is 1. The van der Waals surface area contributed by atoms with Gasteiger partial charge in [-0.2, -0.15) is 13.2 Å². The lowest BCUT2D eigenvalue weighted by molar-refractivity contribution is -0.137. The molecular formula is C21H20ClF3N4O2S. The van der Waals surface area contributed by atoms with Crippen LogP contribution in [-0.4, -0.2) is 26.4 Å². The molecule has 6 nitrogen and oxygen atoms in total. The van der Waals surface area contributed by atoms with Crippen molar-refractivity contribution in [3.05, 3.63) is 64.4 Å². The van der Waals surface area contributed by atoms with E-state index >= 15 is 0 Å². The number of halogens is 4. The Balaban J connectivity index is 1.59. The highest BCUT2D eigenvalue weighted by Gasteiger charge is 2.30. The number of alkyl halides is 3. The molecule has 32 heavy (non-hydrogen) atoms. The van der Waals surface area contributed by atoms with E-state index in [1.54, 1.807) is 12.1 Å². The van der Waals surface area contributed by atoms with Gasteiger partial charge in [0.1, 0.15) is 12.4 Å². The number of hydrogen-bond acceptors (Lipinski definition) is 5. The molecule has 0 atom stereocenters. The van der Waals surface area contributed by atoms with Crippen LogP contribution in [0.4, 0.5) is 18.9 Å². The van der Waals surface area contributed by atoms with Crippen LogP contribution in [0.3, 0.4) is 0 Å². The summed E-state index contributed by atoms with van der Waals surface area (Å²) in [6.07, 6.45) is -4.48. The highest BCUT2D eigenvalue weighted by molar-refractivity contribution is 7.99. The first-order chi connectivity index (χ1) is 15.2. The van der Waals surface area contributed by atoms with Crippen LogP contribution < -0.4 is 10.1 Å². The van der Waals surface area contributed by atoms with E-state index in [1.807, 2.05) is 24.5 Å². The number of nitrogens with zero attached hydrogens (tertiary/aromatic N) is 3. The smallest absolute Gasteiger partial charge is 0.416 e. The van der Waals surface area contributed by atoms with Crippen LogP contribution >= 0.6 is 23.4 Å². The number of anilines is 1. The summed E-state index contributed by atoms with van der Waals surface area (Å²) in [5.74, 6) is 0.744. The van der Waals surface area contributed by atoms with E-state index in [-0.39, 0.29) is 18.0 Å². The van der Waals surface area contributed by atoms with Gasteiger partial charge in [-0.05, 0) is 55.8 Å². The molecule has 0 radical (unpaired) electrons. The quantitative estimate of drug-likeness (QED) is 0.422. The zero-order chi connectivity index (χ0) is 23.3. The minimum Gasteiger partial charge on any atom is -0.486 e. The Labute approximate surface area is 192 Å². The third kappa shape index (κ3) is 6.17. The first kappa shape index (κ1) is 23.9. The van der Waals surface area contributed by atoms with Crippen LogP contribution in [0.5, 0.6) is 5.75 Å². The highest BCUT2D eigenvalue weighted by atomic mass is 35.5. The number of hydrogen-bond donors (Lipinski definition) is 1. The second-order valence-electron chi connectivity index (χ2n) is 6.76. The summed E-state index contributed by atoms with van der Waals surface area (Å²) in [6.45, 7) is 4.52. The van der Waals surface area contributed by atoms with E-state index in [0.29, 0.717) is 28.3 Å². The van der Waals surface area contributed by atoms with Crippen molar-refractivity contribution in [1.82, 2.24) is 14.8 Å². The van der Waals surface area contributed by atoms with Crippen molar-refractivity contribution in [2.24, 2.45) is 0 Å². The summed E-state index contributed by atoms with van der Waals surface area (Å²) in [6, 6.07) is 9.82. The van der Waals surface area contributed by atoms with Gasteiger partial charge in [0, 0.05) is 17.3 Å². The monoisotopic (exact) mass is 484 g/mol. The van der Waals surface area contributed by atoms with Crippen LogP contribution in [0, 0.1) is 6.92 Å². The number of amides is 1. The maximum Gasteiger partial charge on any atom is 0.416 e. The molecule has 1 heterocycles.